The molecule has 0 fully saturated rings. The summed E-state index contributed by atoms with van der Waals surface area (Å²) in [5, 5.41) is 32.4. The van der Waals surface area contributed by atoms with Crippen LogP contribution in [0.25, 0.3) is 0 Å². The maximum absolute atomic E-state index is 10.1. The van der Waals surface area contributed by atoms with Crippen LogP contribution in [0, 0.1) is 11.3 Å². The van der Waals surface area contributed by atoms with Gasteiger partial charge in [-0.1, -0.05) is 22.0 Å². The Labute approximate surface area is 115 Å². The molecular weight excluding hydrogens is 296 g/mol. The van der Waals surface area contributed by atoms with Gasteiger partial charge >= 0.3 is 0 Å². The van der Waals surface area contributed by atoms with Gasteiger partial charge in [0.05, 0.1) is 17.7 Å². The van der Waals surface area contributed by atoms with Crippen molar-refractivity contribution >= 4 is 15.9 Å². The quantitative estimate of drug-likeness (QED) is 0.695. The molecule has 4 nitrogen and oxygen atoms in total. The first-order chi connectivity index (χ1) is 8.63. The minimum absolute atomic E-state index is 0.455. The lowest BCUT2D eigenvalue weighted by molar-refractivity contribution is 0.0136. The molecule has 3 N–H and O–H groups in total. The van der Waals surface area contributed by atoms with Gasteiger partial charge in [0.25, 0.3) is 0 Å². The van der Waals surface area contributed by atoms with Gasteiger partial charge in [-0.2, -0.15) is 5.26 Å². The van der Waals surface area contributed by atoms with Crippen LogP contribution in [0.3, 0.4) is 0 Å². The van der Waals surface area contributed by atoms with Crippen molar-refractivity contribution in [3.05, 3.63) is 34.9 Å². The van der Waals surface area contributed by atoms with Crippen molar-refractivity contribution in [1.82, 2.24) is 5.32 Å². The van der Waals surface area contributed by atoms with Crippen LogP contribution in [-0.2, 0) is 5.33 Å². The number of nitrogens with zero attached hydrogens (tertiary/aromatic N) is 1. The largest absolute Gasteiger partial charge is 0.390 e. The molecule has 0 bridgehead atoms. The van der Waals surface area contributed by atoms with E-state index in [1.54, 1.807) is 25.2 Å². The molecule has 2 atom stereocenters. The van der Waals surface area contributed by atoms with Crippen molar-refractivity contribution in [2.45, 2.75) is 24.0 Å². The van der Waals surface area contributed by atoms with Crippen LogP contribution >= 0.6 is 15.9 Å². The van der Waals surface area contributed by atoms with Gasteiger partial charge in [-0.3, -0.25) is 0 Å². The molecule has 1 aromatic rings. The maximum Gasteiger partial charge on any atom is 0.105 e. The molecular formula is C13H17BrN2O2. The number of rotatable bonds is 6. The topological polar surface area (TPSA) is 76.3 Å². The summed E-state index contributed by atoms with van der Waals surface area (Å²) in [7, 11) is 1.79. The molecule has 0 heterocycles. The van der Waals surface area contributed by atoms with E-state index in [1.165, 1.54) is 0 Å². The molecule has 0 spiro atoms. The zero-order chi connectivity index (χ0) is 13.5. The second-order valence-corrected chi connectivity index (χ2v) is 4.62. The highest BCUT2D eigenvalue weighted by Crippen LogP contribution is 2.25. The number of hydrogen-bond acceptors (Lipinski definition) is 4. The van der Waals surface area contributed by atoms with Crippen molar-refractivity contribution < 1.29 is 10.2 Å². The second-order valence-electron chi connectivity index (χ2n) is 4.06. The standard InChI is InChI=1S/C13H17BrN2O2/c1-16-5-4-12(17)13(18)11-6-9(8-15)2-3-10(11)7-14/h2-3,6,12-13,16-18H,4-5,7H2,1H3. The van der Waals surface area contributed by atoms with Crippen molar-refractivity contribution in [2.75, 3.05) is 13.6 Å². The Bertz CT molecular complexity index is 431. The van der Waals surface area contributed by atoms with E-state index in [2.05, 4.69) is 21.2 Å². The van der Waals surface area contributed by atoms with E-state index >= 15 is 0 Å². The minimum Gasteiger partial charge on any atom is -0.390 e. The summed E-state index contributed by atoms with van der Waals surface area (Å²) in [6, 6.07) is 7.15. The van der Waals surface area contributed by atoms with E-state index in [-0.39, 0.29) is 0 Å². The number of alkyl halides is 1. The van der Waals surface area contributed by atoms with Crippen molar-refractivity contribution in [2.24, 2.45) is 0 Å². The first kappa shape index (κ1) is 15.1. The molecule has 0 saturated carbocycles. The summed E-state index contributed by atoms with van der Waals surface area (Å²) < 4.78 is 0. The Hall–Kier alpha value is -0.930. The van der Waals surface area contributed by atoms with Gasteiger partial charge < -0.3 is 15.5 Å². The molecule has 0 amide bonds. The number of nitriles is 1. The average Bonchev–Trinajstić information content (AvgIpc) is 2.43. The number of benzene rings is 1. The summed E-state index contributed by atoms with van der Waals surface area (Å²) in [5.74, 6) is 0. The smallest absolute Gasteiger partial charge is 0.105 e. The number of hydrogen-bond donors (Lipinski definition) is 3. The summed E-state index contributed by atoms with van der Waals surface area (Å²) >= 11 is 3.34. The minimum atomic E-state index is -0.973. The molecule has 0 aliphatic rings. The number of aliphatic hydroxyl groups is 2. The monoisotopic (exact) mass is 312 g/mol. The summed E-state index contributed by atoms with van der Waals surface area (Å²) in [5.41, 5.74) is 1.97. The van der Waals surface area contributed by atoms with E-state index in [0.717, 1.165) is 5.56 Å². The maximum atomic E-state index is 10.1. The van der Waals surface area contributed by atoms with Crippen LogP contribution in [0.4, 0.5) is 0 Å². The lowest BCUT2D eigenvalue weighted by Gasteiger charge is -2.20. The van der Waals surface area contributed by atoms with Crippen molar-refractivity contribution in [3.63, 3.8) is 0 Å². The predicted octanol–water partition coefficient (Wildman–Crippen LogP) is 1.46. The van der Waals surface area contributed by atoms with E-state index in [9.17, 15) is 10.2 Å². The molecule has 0 aromatic heterocycles. The zero-order valence-corrected chi connectivity index (χ0v) is 11.8. The number of halogens is 1. The molecule has 5 heteroatoms. The Kier molecular flexibility index (Phi) is 6.30. The van der Waals surface area contributed by atoms with Gasteiger partial charge in [-0.25, -0.2) is 0 Å². The van der Waals surface area contributed by atoms with E-state index in [4.69, 9.17) is 5.26 Å². The Morgan fingerprint density at radius 3 is 2.72 bits per heavy atom. The van der Waals surface area contributed by atoms with Gasteiger partial charge in [-0.05, 0) is 43.3 Å². The molecule has 18 heavy (non-hydrogen) atoms. The van der Waals surface area contributed by atoms with Crippen LogP contribution < -0.4 is 5.32 Å². The molecule has 1 aromatic carbocycles. The zero-order valence-electron chi connectivity index (χ0n) is 10.2. The van der Waals surface area contributed by atoms with Crippen LogP contribution in [0.2, 0.25) is 0 Å². The predicted molar refractivity (Wildman–Crippen MR) is 73.3 cm³/mol. The average molecular weight is 313 g/mol. The summed E-state index contributed by atoms with van der Waals surface area (Å²) in [6.07, 6.45) is -1.36. The van der Waals surface area contributed by atoms with Crippen LogP contribution in [0.5, 0.6) is 0 Å². The second kappa shape index (κ2) is 7.49. The Balaban J connectivity index is 2.95. The molecule has 98 valence electrons. The highest BCUT2D eigenvalue weighted by Gasteiger charge is 2.20. The Morgan fingerprint density at radius 1 is 1.44 bits per heavy atom. The summed E-state index contributed by atoms with van der Waals surface area (Å²) in [4.78, 5) is 0. The molecule has 1 rings (SSSR count). The molecule has 0 saturated heterocycles. The third-order valence-corrected chi connectivity index (χ3v) is 3.40. The van der Waals surface area contributed by atoms with Crippen molar-refractivity contribution in [1.29, 1.82) is 5.26 Å². The lowest BCUT2D eigenvalue weighted by atomic mass is 9.96. The normalized spacial score (nSPS) is 13.9. The fraction of sp³-hybridized carbons (Fsp3) is 0.462. The van der Waals surface area contributed by atoms with Crippen LogP contribution in [-0.4, -0.2) is 29.9 Å². The highest BCUT2D eigenvalue weighted by atomic mass is 79.9. The van der Waals surface area contributed by atoms with Crippen LogP contribution in [0.15, 0.2) is 18.2 Å². The van der Waals surface area contributed by atoms with Gasteiger partial charge in [0.2, 0.25) is 0 Å². The lowest BCUT2D eigenvalue weighted by Crippen LogP contribution is -2.24. The first-order valence-corrected chi connectivity index (χ1v) is 6.85. The third kappa shape index (κ3) is 3.79. The van der Waals surface area contributed by atoms with Gasteiger partial charge in [0.15, 0.2) is 0 Å². The summed E-state index contributed by atoms with van der Waals surface area (Å²) in [6.45, 7) is 0.625. The fourth-order valence-corrected chi connectivity index (χ4v) is 2.23. The van der Waals surface area contributed by atoms with E-state index < -0.39 is 12.2 Å². The van der Waals surface area contributed by atoms with Gasteiger partial charge in [0, 0.05) is 5.33 Å². The van der Waals surface area contributed by atoms with Gasteiger partial charge in [-0.15, -0.1) is 0 Å². The van der Waals surface area contributed by atoms with Crippen molar-refractivity contribution in [3.8, 4) is 6.07 Å². The number of nitrogens with one attached hydrogen (secondary N) is 1. The molecule has 0 aliphatic heterocycles. The van der Waals surface area contributed by atoms with E-state index in [0.29, 0.717) is 29.4 Å². The van der Waals surface area contributed by atoms with E-state index in [1.807, 2.05) is 6.07 Å². The SMILES string of the molecule is CNCCC(O)C(O)c1cc(C#N)ccc1CBr. The highest BCUT2D eigenvalue weighted by molar-refractivity contribution is 9.08. The van der Waals surface area contributed by atoms with Crippen LogP contribution in [0.1, 0.15) is 29.2 Å². The number of aliphatic hydroxyl groups excluding tert-OH is 2. The first-order valence-electron chi connectivity index (χ1n) is 5.73. The molecule has 0 aliphatic carbocycles. The Morgan fingerprint density at radius 2 is 2.17 bits per heavy atom. The third-order valence-electron chi connectivity index (χ3n) is 2.79. The molecule has 0 radical (unpaired) electrons. The fourth-order valence-electron chi connectivity index (χ4n) is 1.72. The molecule has 2 unspecified atom stereocenters. The van der Waals surface area contributed by atoms with Gasteiger partial charge in [0.1, 0.15) is 6.10 Å².